The normalized spacial score (nSPS) is 12.0. The second kappa shape index (κ2) is 9.71. The van der Waals surface area contributed by atoms with Gasteiger partial charge in [0.25, 0.3) is 5.91 Å². The molecule has 1 N–H and O–H groups in total. The number of nitrogens with zero attached hydrogens (tertiary/aromatic N) is 2. The fourth-order valence-corrected chi connectivity index (χ4v) is 4.13. The summed E-state index contributed by atoms with van der Waals surface area (Å²) >= 11 is 1.57. The third-order valence-electron chi connectivity index (χ3n) is 4.73. The molecule has 6 nitrogen and oxygen atoms in total. The number of benzene rings is 2. The number of likely N-dealkylation sites (N-methyl/N-ethyl adjacent to an activating group) is 1. The molecule has 0 aliphatic carbocycles. The van der Waals surface area contributed by atoms with E-state index in [1.54, 1.807) is 47.5 Å². The SMILES string of the molecule is CCOc1ccc(C(=O)N[C@H](C(=O)N(C)Cc2nc3ccccc3s2)C(C)C)cc1. The number of ether oxygens (including phenoxy) is 1. The van der Waals surface area contributed by atoms with Gasteiger partial charge < -0.3 is 15.0 Å². The maximum atomic E-state index is 13.1. The smallest absolute Gasteiger partial charge is 0.251 e. The maximum Gasteiger partial charge on any atom is 0.251 e. The lowest BCUT2D eigenvalue weighted by molar-refractivity contribution is -0.133. The Kier molecular flexibility index (Phi) is 7.05. The van der Waals surface area contributed by atoms with E-state index in [1.165, 1.54) is 0 Å². The number of fused-ring (bicyclic) bond motifs is 1. The maximum absolute atomic E-state index is 13.1. The standard InChI is InChI=1S/C23H27N3O3S/c1-5-29-17-12-10-16(11-13-17)22(27)25-21(15(2)3)23(28)26(4)14-20-24-18-8-6-7-9-19(18)30-20/h6-13,15,21H,5,14H2,1-4H3,(H,25,27)/t21-/m0/s1. The van der Waals surface area contributed by atoms with Crippen LogP contribution in [0.4, 0.5) is 0 Å². The number of para-hydroxylation sites is 1. The monoisotopic (exact) mass is 425 g/mol. The highest BCUT2D eigenvalue weighted by molar-refractivity contribution is 7.18. The van der Waals surface area contributed by atoms with Gasteiger partial charge in [-0.05, 0) is 49.2 Å². The molecule has 0 unspecified atom stereocenters. The molecule has 30 heavy (non-hydrogen) atoms. The molecule has 0 aliphatic heterocycles. The lowest BCUT2D eigenvalue weighted by Gasteiger charge is -2.26. The van der Waals surface area contributed by atoms with E-state index in [4.69, 9.17) is 4.74 Å². The van der Waals surface area contributed by atoms with Crippen LogP contribution in [-0.4, -0.2) is 41.4 Å². The molecule has 2 aromatic carbocycles. The number of carbonyl (C=O) groups is 2. The summed E-state index contributed by atoms with van der Waals surface area (Å²) in [6.07, 6.45) is 0. The summed E-state index contributed by atoms with van der Waals surface area (Å²) in [4.78, 5) is 32.0. The van der Waals surface area contributed by atoms with Crippen LogP contribution in [0.25, 0.3) is 10.2 Å². The van der Waals surface area contributed by atoms with Crippen LogP contribution in [-0.2, 0) is 11.3 Å². The minimum absolute atomic E-state index is 0.0537. The van der Waals surface area contributed by atoms with Crippen molar-refractivity contribution >= 4 is 33.4 Å². The van der Waals surface area contributed by atoms with Gasteiger partial charge >= 0.3 is 0 Å². The van der Waals surface area contributed by atoms with E-state index >= 15 is 0 Å². The Morgan fingerprint density at radius 3 is 2.47 bits per heavy atom. The van der Waals surface area contributed by atoms with Crippen LogP contribution in [0.5, 0.6) is 5.75 Å². The highest BCUT2D eigenvalue weighted by Gasteiger charge is 2.28. The Labute approximate surface area is 180 Å². The molecular weight excluding hydrogens is 398 g/mol. The van der Waals surface area contributed by atoms with Gasteiger partial charge in [-0.1, -0.05) is 26.0 Å². The average molecular weight is 426 g/mol. The van der Waals surface area contributed by atoms with Crippen molar-refractivity contribution in [3.8, 4) is 5.75 Å². The molecule has 0 spiro atoms. The van der Waals surface area contributed by atoms with Crippen molar-refractivity contribution in [3.63, 3.8) is 0 Å². The molecule has 7 heteroatoms. The van der Waals surface area contributed by atoms with Gasteiger partial charge in [-0.3, -0.25) is 9.59 Å². The van der Waals surface area contributed by atoms with E-state index in [0.717, 1.165) is 15.2 Å². The second-order valence-electron chi connectivity index (χ2n) is 7.42. The van der Waals surface area contributed by atoms with E-state index in [2.05, 4.69) is 10.3 Å². The largest absolute Gasteiger partial charge is 0.494 e. The molecule has 2 amide bonds. The zero-order valence-electron chi connectivity index (χ0n) is 17.7. The fraction of sp³-hybridized carbons (Fsp3) is 0.348. The molecule has 0 bridgehead atoms. The van der Waals surface area contributed by atoms with E-state index in [9.17, 15) is 9.59 Å². The lowest BCUT2D eigenvalue weighted by Crippen LogP contribution is -2.50. The van der Waals surface area contributed by atoms with Crippen LogP contribution in [0.15, 0.2) is 48.5 Å². The van der Waals surface area contributed by atoms with Gasteiger partial charge in [-0.25, -0.2) is 4.98 Å². The molecule has 0 aliphatic rings. The first-order valence-electron chi connectivity index (χ1n) is 10.0. The molecule has 1 atom stereocenters. The highest BCUT2D eigenvalue weighted by Crippen LogP contribution is 2.23. The molecule has 0 radical (unpaired) electrons. The zero-order chi connectivity index (χ0) is 21.7. The van der Waals surface area contributed by atoms with Gasteiger partial charge in [0, 0.05) is 12.6 Å². The number of carbonyl (C=O) groups excluding carboxylic acids is 2. The average Bonchev–Trinajstić information content (AvgIpc) is 3.14. The number of hydrogen-bond donors (Lipinski definition) is 1. The van der Waals surface area contributed by atoms with Crippen LogP contribution < -0.4 is 10.1 Å². The summed E-state index contributed by atoms with van der Waals surface area (Å²) in [7, 11) is 1.74. The molecule has 0 fully saturated rings. The van der Waals surface area contributed by atoms with E-state index in [-0.39, 0.29) is 17.7 Å². The first kappa shape index (κ1) is 21.8. The number of thiazole rings is 1. The van der Waals surface area contributed by atoms with E-state index < -0.39 is 6.04 Å². The van der Waals surface area contributed by atoms with Gasteiger partial charge in [0.2, 0.25) is 5.91 Å². The van der Waals surface area contributed by atoms with E-state index in [1.807, 2.05) is 45.0 Å². The first-order chi connectivity index (χ1) is 14.4. The molecule has 158 valence electrons. The van der Waals surface area contributed by atoms with Crippen molar-refractivity contribution in [2.45, 2.75) is 33.4 Å². The van der Waals surface area contributed by atoms with Crippen LogP contribution in [0.2, 0.25) is 0 Å². The van der Waals surface area contributed by atoms with Crippen molar-refractivity contribution in [3.05, 3.63) is 59.1 Å². The van der Waals surface area contributed by atoms with Gasteiger partial charge in [-0.15, -0.1) is 11.3 Å². The first-order valence-corrected chi connectivity index (χ1v) is 10.8. The number of hydrogen-bond acceptors (Lipinski definition) is 5. The van der Waals surface area contributed by atoms with Crippen LogP contribution in [0, 0.1) is 5.92 Å². The Balaban J connectivity index is 1.67. The molecule has 3 aromatic rings. The minimum atomic E-state index is -0.622. The van der Waals surface area contributed by atoms with Crippen molar-refractivity contribution in [1.29, 1.82) is 0 Å². The van der Waals surface area contributed by atoms with Crippen molar-refractivity contribution in [2.75, 3.05) is 13.7 Å². The van der Waals surface area contributed by atoms with E-state index in [0.29, 0.717) is 24.5 Å². The third kappa shape index (κ3) is 5.16. The number of nitrogens with one attached hydrogen (secondary N) is 1. The Morgan fingerprint density at radius 1 is 1.13 bits per heavy atom. The molecule has 3 rings (SSSR count). The number of aromatic nitrogens is 1. The Hall–Kier alpha value is -2.93. The van der Waals surface area contributed by atoms with Crippen molar-refractivity contribution < 1.29 is 14.3 Å². The predicted molar refractivity (Wildman–Crippen MR) is 120 cm³/mol. The summed E-state index contributed by atoms with van der Waals surface area (Å²) in [5.74, 6) is 0.241. The van der Waals surface area contributed by atoms with Crippen LogP contribution in [0.1, 0.15) is 36.1 Å². The number of amides is 2. The van der Waals surface area contributed by atoms with Crippen LogP contribution in [0.3, 0.4) is 0 Å². The fourth-order valence-electron chi connectivity index (χ4n) is 3.11. The zero-order valence-corrected chi connectivity index (χ0v) is 18.5. The predicted octanol–water partition coefficient (Wildman–Crippen LogP) is 4.11. The summed E-state index contributed by atoms with van der Waals surface area (Å²) in [6, 6.07) is 14.2. The summed E-state index contributed by atoms with van der Waals surface area (Å²) in [6.45, 7) is 6.72. The molecular formula is C23H27N3O3S. The van der Waals surface area contributed by atoms with Gasteiger partial charge in [0.1, 0.15) is 16.8 Å². The Morgan fingerprint density at radius 2 is 1.83 bits per heavy atom. The van der Waals surface area contributed by atoms with Crippen molar-refractivity contribution in [2.24, 2.45) is 5.92 Å². The second-order valence-corrected chi connectivity index (χ2v) is 8.54. The lowest BCUT2D eigenvalue weighted by atomic mass is 10.0. The van der Waals surface area contributed by atoms with Crippen molar-refractivity contribution in [1.82, 2.24) is 15.2 Å². The third-order valence-corrected chi connectivity index (χ3v) is 5.75. The minimum Gasteiger partial charge on any atom is -0.494 e. The molecule has 0 saturated carbocycles. The Bertz CT molecular complexity index is 981. The number of rotatable bonds is 8. The van der Waals surface area contributed by atoms with Gasteiger partial charge in [0.05, 0.1) is 23.4 Å². The summed E-state index contributed by atoms with van der Waals surface area (Å²) < 4.78 is 6.51. The van der Waals surface area contributed by atoms with Gasteiger partial charge in [0.15, 0.2) is 0 Å². The summed E-state index contributed by atoms with van der Waals surface area (Å²) in [5.41, 5.74) is 1.42. The van der Waals surface area contributed by atoms with Crippen LogP contribution >= 0.6 is 11.3 Å². The highest BCUT2D eigenvalue weighted by atomic mass is 32.1. The summed E-state index contributed by atoms with van der Waals surface area (Å²) in [5, 5.41) is 3.76. The van der Waals surface area contributed by atoms with Gasteiger partial charge in [-0.2, -0.15) is 0 Å². The quantitative estimate of drug-likeness (QED) is 0.590. The topological polar surface area (TPSA) is 71.5 Å². The molecule has 1 heterocycles. The molecule has 1 aromatic heterocycles. The molecule has 0 saturated heterocycles.